The molecular weight excluding hydrogens is 284 g/mol. The highest BCUT2D eigenvalue weighted by atomic mass is 16.6. The number of amides is 1. The lowest BCUT2D eigenvalue weighted by Crippen LogP contribution is -2.37. The highest BCUT2D eigenvalue weighted by molar-refractivity contribution is 5.86. The maximum Gasteiger partial charge on any atom is 0.415 e. The van der Waals surface area contributed by atoms with Crippen LogP contribution in [0.25, 0.3) is 0 Å². The molecular formula is C16H24N2O4. The molecule has 0 N–H and O–H groups in total. The number of nitrogens with zero attached hydrogens (tertiary/aromatic N) is 2. The lowest BCUT2D eigenvalue weighted by atomic mass is 10.2. The lowest BCUT2D eigenvalue weighted by molar-refractivity contribution is -0.142. The Balaban J connectivity index is 2.89. The second-order valence-corrected chi connectivity index (χ2v) is 5.69. The molecule has 0 aliphatic carbocycles. The molecule has 0 aromatic carbocycles. The third-order valence-electron chi connectivity index (χ3n) is 2.63. The minimum absolute atomic E-state index is 0.0769. The van der Waals surface area contributed by atoms with Gasteiger partial charge in [-0.2, -0.15) is 0 Å². The number of hydrogen-bond donors (Lipinski definition) is 0. The van der Waals surface area contributed by atoms with Gasteiger partial charge >= 0.3 is 12.1 Å². The van der Waals surface area contributed by atoms with E-state index in [0.717, 1.165) is 0 Å². The first-order valence-electron chi connectivity index (χ1n) is 7.39. The van der Waals surface area contributed by atoms with Crippen LogP contribution in [0.1, 0.15) is 40.3 Å². The monoisotopic (exact) mass is 308 g/mol. The van der Waals surface area contributed by atoms with Crippen molar-refractivity contribution in [3.8, 4) is 0 Å². The molecule has 0 fully saturated rings. The Hall–Kier alpha value is -2.11. The van der Waals surface area contributed by atoms with Crippen LogP contribution in [0.5, 0.6) is 0 Å². The Bertz CT molecular complexity index is 523. The quantitative estimate of drug-likeness (QED) is 0.782. The summed E-state index contributed by atoms with van der Waals surface area (Å²) in [6, 6.07) is 5.19. The number of anilines is 1. The van der Waals surface area contributed by atoms with E-state index in [1.165, 1.54) is 4.90 Å². The summed E-state index contributed by atoms with van der Waals surface area (Å²) >= 11 is 0. The van der Waals surface area contributed by atoms with Crippen molar-refractivity contribution in [2.45, 2.75) is 46.6 Å². The Morgan fingerprint density at radius 3 is 2.45 bits per heavy atom. The molecule has 6 heteroatoms. The van der Waals surface area contributed by atoms with Crippen LogP contribution in [-0.4, -0.2) is 35.8 Å². The van der Waals surface area contributed by atoms with Crippen LogP contribution in [-0.2, 0) is 20.7 Å². The fourth-order valence-electron chi connectivity index (χ4n) is 1.78. The summed E-state index contributed by atoms with van der Waals surface area (Å²) in [5.74, 6) is 0.117. The first-order valence-corrected chi connectivity index (χ1v) is 7.39. The summed E-state index contributed by atoms with van der Waals surface area (Å²) in [5, 5.41) is 0. The average Bonchev–Trinajstić information content (AvgIpc) is 2.38. The van der Waals surface area contributed by atoms with Crippen LogP contribution in [0.15, 0.2) is 18.2 Å². The summed E-state index contributed by atoms with van der Waals surface area (Å²) < 4.78 is 10.3. The van der Waals surface area contributed by atoms with Gasteiger partial charge in [0.05, 0.1) is 18.7 Å². The van der Waals surface area contributed by atoms with Gasteiger partial charge in [0, 0.05) is 6.54 Å². The van der Waals surface area contributed by atoms with Crippen LogP contribution in [0.3, 0.4) is 0 Å². The van der Waals surface area contributed by atoms with Crippen molar-refractivity contribution in [3.05, 3.63) is 23.9 Å². The van der Waals surface area contributed by atoms with Gasteiger partial charge in [0.25, 0.3) is 0 Å². The minimum Gasteiger partial charge on any atom is -0.466 e. The minimum atomic E-state index is -0.576. The Morgan fingerprint density at radius 1 is 1.23 bits per heavy atom. The second kappa shape index (κ2) is 7.77. The number of hydrogen-bond acceptors (Lipinski definition) is 5. The molecule has 0 bridgehead atoms. The zero-order valence-corrected chi connectivity index (χ0v) is 13.9. The van der Waals surface area contributed by atoms with Crippen LogP contribution in [0, 0.1) is 0 Å². The molecule has 0 saturated heterocycles. The molecule has 0 unspecified atom stereocenters. The molecule has 0 saturated carbocycles. The van der Waals surface area contributed by atoms with Crippen molar-refractivity contribution >= 4 is 17.9 Å². The van der Waals surface area contributed by atoms with Gasteiger partial charge in [0.1, 0.15) is 11.4 Å². The number of ether oxygens (including phenoxy) is 2. The molecule has 0 atom stereocenters. The first kappa shape index (κ1) is 17.9. The maximum absolute atomic E-state index is 12.2. The van der Waals surface area contributed by atoms with Crippen molar-refractivity contribution < 1.29 is 19.1 Å². The van der Waals surface area contributed by atoms with Gasteiger partial charge in [-0.3, -0.25) is 9.69 Å². The van der Waals surface area contributed by atoms with E-state index in [1.807, 2.05) is 27.7 Å². The van der Waals surface area contributed by atoms with E-state index in [-0.39, 0.29) is 12.4 Å². The first-order chi connectivity index (χ1) is 10.3. The van der Waals surface area contributed by atoms with Gasteiger partial charge < -0.3 is 9.47 Å². The second-order valence-electron chi connectivity index (χ2n) is 5.69. The Kier molecular flexibility index (Phi) is 6.34. The van der Waals surface area contributed by atoms with Gasteiger partial charge in [-0.25, -0.2) is 9.78 Å². The van der Waals surface area contributed by atoms with Crippen molar-refractivity contribution in [2.24, 2.45) is 0 Å². The summed E-state index contributed by atoms with van der Waals surface area (Å²) in [6.07, 6.45) is -0.385. The molecule has 0 aliphatic rings. The lowest BCUT2D eigenvalue weighted by Gasteiger charge is -2.26. The Labute approximate surface area is 131 Å². The van der Waals surface area contributed by atoms with Crippen LogP contribution < -0.4 is 4.90 Å². The van der Waals surface area contributed by atoms with Gasteiger partial charge in [0.2, 0.25) is 0 Å². The molecule has 0 spiro atoms. The average molecular weight is 308 g/mol. The normalized spacial score (nSPS) is 11.0. The number of carbonyl (C=O) groups is 2. The highest BCUT2D eigenvalue weighted by Gasteiger charge is 2.23. The number of aromatic nitrogens is 1. The largest absolute Gasteiger partial charge is 0.466 e. The van der Waals surface area contributed by atoms with Crippen molar-refractivity contribution in [3.63, 3.8) is 0 Å². The summed E-state index contributed by atoms with van der Waals surface area (Å²) in [5.41, 5.74) is -0.0227. The third-order valence-corrected chi connectivity index (χ3v) is 2.63. The zero-order valence-electron chi connectivity index (χ0n) is 13.9. The molecule has 1 rings (SSSR count). The van der Waals surface area contributed by atoms with E-state index in [0.29, 0.717) is 24.7 Å². The number of carbonyl (C=O) groups excluding carboxylic acids is 2. The van der Waals surface area contributed by atoms with Crippen LogP contribution >= 0.6 is 0 Å². The smallest absolute Gasteiger partial charge is 0.415 e. The van der Waals surface area contributed by atoms with Gasteiger partial charge in [-0.15, -0.1) is 0 Å². The third kappa shape index (κ3) is 5.71. The predicted octanol–water partition coefficient (Wildman–Crippen LogP) is 2.95. The van der Waals surface area contributed by atoms with Crippen LogP contribution in [0.4, 0.5) is 10.6 Å². The van der Waals surface area contributed by atoms with E-state index >= 15 is 0 Å². The molecule has 1 heterocycles. The summed E-state index contributed by atoms with van der Waals surface area (Å²) in [6.45, 7) is 9.77. The van der Waals surface area contributed by atoms with Gasteiger partial charge in [-0.05, 0) is 46.8 Å². The predicted molar refractivity (Wildman–Crippen MR) is 83.8 cm³/mol. The fraction of sp³-hybridized carbons (Fsp3) is 0.562. The van der Waals surface area contributed by atoms with E-state index in [2.05, 4.69) is 4.98 Å². The number of rotatable bonds is 5. The molecule has 0 aliphatic heterocycles. The zero-order chi connectivity index (χ0) is 16.8. The fourth-order valence-corrected chi connectivity index (χ4v) is 1.78. The van der Waals surface area contributed by atoms with Crippen molar-refractivity contribution in [2.75, 3.05) is 18.1 Å². The molecule has 122 valence electrons. The molecule has 1 aromatic rings. The molecule has 6 nitrogen and oxygen atoms in total. The van der Waals surface area contributed by atoms with Gasteiger partial charge in [0.15, 0.2) is 0 Å². The summed E-state index contributed by atoms with van der Waals surface area (Å²) in [7, 11) is 0. The summed E-state index contributed by atoms with van der Waals surface area (Å²) in [4.78, 5) is 29.5. The van der Waals surface area contributed by atoms with E-state index < -0.39 is 11.7 Å². The molecule has 0 radical (unpaired) electrons. The number of esters is 1. The number of pyridine rings is 1. The molecule has 1 aromatic heterocycles. The van der Waals surface area contributed by atoms with Crippen molar-refractivity contribution in [1.82, 2.24) is 4.98 Å². The topological polar surface area (TPSA) is 68.7 Å². The van der Waals surface area contributed by atoms with E-state index in [9.17, 15) is 9.59 Å². The highest BCUT2D eigenvalue weighted by Crippen LogP contribution is 2.16. The molecule has 1 amide bonds. The van der Waals surface area contributed by atoms with E-state index in [1.54, 1.807) is 25.1 Å². The standard InChI is InChI=1S/C16H24N2O4/c1-6-18(15(20)22-16(3,4)5)13-10-8-9-12(17-13)11-14(19)21-7-2/h8-10H,6-7,11H2,1-5H3. The van der Waals surface area contributed by atoms with E-state index in [4.69, 9.17) is 9.47 Å². The SMILES string of the molecule is CCOC(=O)Cc1cccc(N(CC)C(=O)OC(C)(C)C)n1. The van der Waals surface area contributed by atoms with Crippen LogP contribution in [0.2, 0.25) is 0 Å². The molecule has 22 heavy (non-hydrogen) atoms. The van der Waals surface area contributed by atoms with Crippen molar-refractivity contribution in [1.29, 1.82) is 0 Å². The van der Waals surface area contributed by atoms with Gasteiger partial charge in [-0.1, -0.05) is 6.07 Å². The maximum atomic E-state index is 12.2. The Morgan fingerprint density at radius 2 is 1.91 bits per heavy atom.